The van der Waals surface area contributed by atoms with Crippen LogP contribution in [0.4, 0.5) is 0 Å². The lowest BCUT2D eigenvalue weighted by atomic mass is 9.96. The first-order valence-corrected chi connectivity index (χ1v) is 9.89. The van der Waals surface area contributed by atoms with Gasteiger partial charge in [0.1, 0.15) is 0 Å². The Balaban J connectivity index is 2.43. The Hall–Kier alpha value is -1.49. The lowest BCUT2D eigenvalue weighted by molar-refractivity contribution is -0.143. The van der Waals surface area contributed by atoms with Gasteiger partial charge in [-0.05, 0) is 38.0 Å². The van der Waals surface area contributed by atoms with Crippen molar-refractivity contribution in [1.29, 1.82) is 0 Å². The third-order valence-corrected chi connectivity index (χ3v) is 6.80. The van der Waals surface area contributed by atoms with Gasteiger partial charge in [0.15, 0.2) is 0 Å². The number of carboxylic acid groups (broad SMARTS) is 1. The van der Waals surface area contributed by atoms with Crippen LogP contribution in [0, 0.1) is 5.92 Å². The molecule has 128 valence electrons. The third kappa shape index (κ3) is 3.71. The number of sulfonamides is 2. The number of carbonyl (C=O) groups is 1. The lowest BCUT2D eigenvalue weighted by Crippen LogP contribution is -2.47. The van der Waals surface area contributed by atoms with E-state index in [9.17, 15) is 21.6 Å². The highest BCUT2D eigenvalue weighted by atomic mass is 32.2. The Morgan fingerprint density at radius 3 is 2.39 bits per heavy atom. The minimum absolute atomic E-state index is 0.140. The zero-order valence-corrected chi connectivity index (χ0v) is 14.0. The molecule has 1 saturated heterocycles. The average molecular weight is 362 g/mol. The van der Waals surface area contributed by atoms with Crippen LogP contribution in [0.15, 0.2) is 34.1 Å². The highest BCUT2D eigenvalue weighted by molar-refractivity contribution is 7.90. The van der Waals surface area contributed by atoms with Crippen LogP contribution in [0.2, 0.25) is 0 Å². The first-order valence-electron chi connectivity index (χ1n) is 6.91. The number of primary sulfonamides is 1. The van der Waals surface area contributed by atoms with Crippen molar-refractivity contribution in [2.45, 2.75) is 35.6 Å². The van der Waals surface area contributed by atoms with E-state index >= 15 is 0 Å². The standard InChI is InChI=1S/C13H18N2O6S2/c1-9-5-6-10(13(16)17)8-15(9)23(20,21)12-4-2-3-11(7-12)22(14,18)19/h2-4,7,9-10H,5-6,8H2,1H3,(H,16,17)(H2,14,18,19). The van der Waals surface area contributed by atoms with E-state index in [1.165, 1.54) is 18.2 Å². The zero-order valence-electron chi connectivity index (χ0n) is 12.4. The van der Waals surface area contributed by atoms with Crippen LogP contribution >= 0.6 is 0 Å². The summed E-state index contributed by atoms with van der Waals surface area (Å²) in [5, 5.41) is 14.1. The van der Waals surface area contributed by atoms with Gasteiger partial charge in [-0.2, -0.15) is 4.31 Å². The number of piperidine rings is 1. The third-order valence-electron chi connectivity index (χ3n) is 3.91. The molecular weight excluding hydrogens is 344 g/mol. The van der Waals surface area contributed by atoms with Crippen LogP contribution in [0.25, 0.3) is 0 Å². The number of hydrogen-bond acceptors (Lipinski definition) is 5. The molecule has 0 bridgehead atoms. The van der Waals surface area contributed by atoms with Gasteiger partial charge in [-0.1, -0.05) is 6.07 Å². The Morgan fingerprint density at radius 2 is 1.83 bits per heavy atom. The van der Waals surface area contributed by atoms with Gasteiger partial charge >= 0.3 is 5.97 Å². The fraction of sp³-hybridized carbons (Fsp3) is 0.462. The van der Waals surface area contributed by atoms with Crippen LogP contribution in [-0.4, -0.2) is 44.8 Å². The second kappa shape index (κ2) is 6.19. The van der Waals surface area contributed by atoms with Gasteiger partial charge in [-0.3, -0.25) is 4.79 Å². The first kappa shape index (κ1) is 17.9. The van der Waals surface area contributed by atoms with E-state index in [0.29, 0.717) is 12.8 Å². The zero-order chi connectivity index (χ0) is 17.4. The maximum Gasteiger partial charge on any atom is 0.307 e. The van der Waals surface area contributed by atoms with Crippen molar-refractivity contribution in [3.63, 3.8) is 0 Å². The van der Waals surface area contributed by atoms with Crippen LogP contribution < -0.4 is 5.14 Å². The molecule has 10 heteroatoms. The summed E-state index contributed by atoms with van der Waals surface area (Å²) < 4.78 is 49.4. The summed E-state index contributed by atoms with van der Waals surface area (Å²) in [5.74, 6) is -1.82. The predicted molar refractivity (Wildman–Crippen MR) is 81.5 cm³/mol. The van der Waals surface area contributed by atoms with Gasteiger partial charge in [0, 0.05) is 12.6 Å². The highest BCUT2D eigenvalue weighted by Crippen LogP contribution is 2.29. The maximum absolute atomic E-state index is 12.7. The number of aliphatic carboxylic acids is 1. The second-order valence-corrected chi connectivity index (χ2v) is 9.01. The van der Waals surface area contributed by atoms with Crippen molar-refractivity contribution in [2.24, 2.45) is 11.1 Å². The van der Waals surface area contributed by atoms with Gasteiger partial charge in [0.2, 0.25) is 20.0 Å². The maximum atomic E-state index is 12.7. The molecule has 1 heterocycles. The van der Waals surface area contributed by atoms with Crippen molar-refractivity contribution in [3.8, 4) is 0 Å². The molecule has 0 aliphatic carbocycles. The minimum atomic E-state index is -4.03. The van der Waals surface area contributed by atoms with Gasteiger partial charge < -0.3 is 5.11 Å². The number of carboxylic acids is 1. The second-order valence-electron chi connectivity index (χ2n) is 5.56. The molecule has 3 N–H and O–H groups in total. The largest absolute Gasteiger partial charge is 0.481 e. The summed E-state index contributed by atoms with van der Waals surface area (Å²) in [4.78, 5) is 10.6. The summed E-state index contributed by atoms with van der Waals surface area (Å²) in [6.07, 6.45) is 0.824. The van der Waals surface area contributed by atoms with Crippen molar-refractivity contribution in [2.75, 3.05) is 6.54 Å². The fourth-order valence-electron chi connectivity index (χ4n) is 2.56. The Labute approximate surface area is 135 Å². The quantitative estimate of drug-likeness (QED) is 0.786. The summed E-state index contributed by atoms with van der Waals surface area (Å²) >= 11 is 0. The van der Waals surface area contributed by atoms with E-state index in [2.05, 4.69) is 0 Å². The molecule has 2 rings (SSSR count). The first-order chi connectivity index (χ1) is 10.5. The predicted octanol–water partition coefficient (Wildman–Crippen LogP) is 0.208. The van der Waals surface area contributed by atoms with E-state index < -0.39 is 31.9 Å². The molecule has 0 radical (unpaired) electrons. The van der Waals surface area contributed by atoms with Crippen molar-refractivity contribution in [3.05, 3.63) is 24.3 Å². The average Bonchev–Trinajstić information content (AvgIpc) is 2.46. The molecule has 1 aliphatic heterocycles. The minimum Gasteiger partial charge on any atom is -0.481 e. The fourth-order valence-corrected chi connectivity index (χ4v) is 4.95. The molecule has 1 aliphatic rings. The lowest BCUT2D eigenvalue weighted by Gasteiger charge is -2.35. The highest BCUT2D eigenvalue weighted by Gasteiger charge is 2.37. The van der Waals surface area contributed by atoms with E-state index in [1.807, 2.05) is 0 Å². The molecule has 23 heavy (non-hydrogen) atoms. The van der Waals surface area contributed by atoms with Crippen LogP contribution in [-0.2, 0) is 24.8 Å². The summed E-state index contributed by atoms with van der Waals surface area (Å²) in [5.41, 5.74) is 0. The molecule has 1 fully saturated rings. The Bertz CT molecular complexity index is 819. The molecule has 0 amide bonds. The smallest absolute Gasteiger partial charge is 0.307 e. The molecule has 1 aromatic rings. The molecule has 0 aromatic heterocycles. The summed E-state index contributed by atoms with van der Waals surface area (Å²) in [6, 6.07) is 4.38. The number of rotatable bonds is 4. The molecule has 2 atom stereocenters. The summed E-state index contributed by atoms with van der Waals surface area (Å²) in [6.45, 7) is 1.55. The Kier molecular flexibility index (Phi) is 4.81. The molecule has 1 aromatic carbocycles. The molecule has 8 nitrogen and oxygen atoms in total. The van der Waals surface area contributed by atoms with E-state index in [1.54, 1.807) is 6.92 Å². The topological polar surface area (TPSA) is 135 Å². The van der Waals surface area contributed by atoms with Crippen molar-refractivity contribution < 1.29 is 26.7 Å². The van der Waals surface area contributed by atoms with Crippen LogP contribution in [0.5, 0.6) is 0 Å². The van der Waals surface area contributed by atoms with E-state index in [4.69, 9.17) is 10.2 Å². The van der Waals surface area contributed by atoms with Gasteiger partial charge in [0.25, 0.3) is 0 Å². The van der Waals surface area contributed by atoms with Crippen LogP contribution in [0.1, 0.15) is 19.8 Å². The SMILES string of the molecule is CC1CCC(C(=O)O)CN1S(=O)(=O)c1cccc(S(N)(=O)=O)c1. The number of hydrogen-bond donors (Lipinski definition) is 2. The number of benzene rings is 1. The monoisotopic (exact) mass is 362 g/mol. The van der Waals surface area contributed by atoms with Gasteiger partial charge in [-0.25, -0.2) is 22.0 Å². The molecule has 2 unspecified atom stereocenters. The van der Waals surface area contributed by atoms with Crippen molar-refractivity contribution in [1.82, 2.24) is 4.31 Å². The van der Waals surface area contributed by atoms with Crippen LogP contribution in [0.3, 0.4) is 0 Å². The van der Waals surface area contributed by atoms with Gasteiger partial charge in [0.05, 0.1) is 15.7 Å². The number of nitrogens with two attached hydrogens (primary N) is 1. The summed E-state index contributed by atoms with van der Waals surface area (Å²) in [7, 11) is -8.04. The molecule has 0 saturated carbocycles. The van der Waals surface area contributed by atoms with E-state index in [0.717, 1.165) is 10.4 Å². The molecule has 0 spiro atoms. The number of nitrogens with zero attached hydrogens (tertiary/aromatic N) is 1. The Morgan fingerprint density at radius 1 is 1.22 bits per heavy atom. The molecular formula is C13H18N2O6S2. The van der Waals surface area contributed by atoms with E-state index in [-0.39, 0.29) is 22.4 Å². The van der Waals surface area contributed by atoms with Crippen molar-refractivity contribution >= 4 is 26.0 Å². The van der Waals surface area contributed by atoms with Gasteiger partial charge in [-0.15, -0.1) is 0 Å². The normalized spacial score (nSPS) is 23.6.